The smallest absolute Gasteiger partial charge is 0.303 e. The van der Waals surface area contributed by atoms with E-state index in [1.807, 2.05) is 14.1 Å². The van der Waals surface area contributed by atoms with Gasteiger partial charge in [0.1, 0.15) is 0 Å². The van der Waals surface area contributed by atoms with E-state index in [2.05, 4.69) is 30.0 Å². The highest BCUT2D eigenvalue weighted by atomic mass is 16.4. The molecule has 0 aliphatic heterocycles. The average molecular weight is 247 g/mol. The predicted octanol–water partition coefficient (Wildman–Crippen LogP) is 3.03. The lowest BCUT2D eigenvalue weighted by Gasteiger charge is -2.20. The van der Waals surface area contributed by atoms with Gasteiger partial charge in [0.25, 0.3) is 0 Å². The standard InChI is InChI=1S/C15H21NO2/c1-10-4-5-12(8-14(10)16(2)3)13(9-15(17)18)11-6-7-11/h4-5,8,11,13H,6-7,9H2,1-3H3,(H,17,18). The molecule has 3 heteroatoms. The monoisotopic (exact) mass is 247 g/mol. The van der Waals surface area contributed by atoms with E-state index in [0.29, 0.717) is 5.92 Å². The molecular weight excluding hydrogens is 226 g/mol. The van der Waals surface area contributed by atoms with Gasteiger partial charge in [-0.2, -0.15) is 0 Å². The fourth-order valence-corrected chi connectivity index (χ4v) is 2.58. The Bertz CT molecular complexity index is 450. The molecule has 0 radical (unpaired) electrons. The van der Waals surface area contributed by atoms with Gasteiger partial charge in [0.2, 0.25) is 0 Å². The largest absolute Gasteiger partial charge is 0.481 e. The van der Waals surface area contributed by atoms with Crippen LogP contribution < -0.4 is 4.90 Å². The van der Waals surface area contributed by atoms with E-state index in [0.717, 1.165) is 0 Å². The number of carboxylic acid groups (broad SMARTS) is 1. The molecule has 1 saturated carbocycles. The predicted molar refractivity (Wildman–Crippen MR) is 73.2 cm³/mol. The molecule has 0 aromatic heterocycles. The van der Waals surface area contributed by atoms with Crippen LogP contribution in [0.5, 0.6) is 0 Å². The highest BCUT2D eigenvalue weighted by Crippen LogP contribution is 2.45. The van der Waals surface area contributed by atoms with Gasteiger partial charge in [0.15, 0.2) is 0 Å². The van der Waals surface area contributed by atoms with Crippen LogP contribution in [0.1, 0.15) is 36.3 Å². The molecule has 1 unspecified atom stereocenters. The highest BCUT2D eigenvalue weighted by molar-refractivity contribution is 5.68. The fraction of sp³-hybridized carbons (Fsp3) is 0.533. The van der Waals surface area contributed by atoms with E-state index in [1.54, 1.807) is 0 Å². The number of hydrogen-bond donors (Lipinski definition) is 1. The summed E-state index contributed by atoms with van der Waals surface area (Å²) in [6.45, 7) is 2.09. The average Bonchev–Trinajstić information content (AvgIpc) is 3.10. The Morgan fingerprint density at radius 3 is 2.61 bits per heavy atom. The summed E-state index contributed by atoms with van der Waals surface area (Å²) in [6, 6.07) is 6.34. The van der Waals surface area contributed by atoms with Crippen LogP contribution in [0, 0.1) is 12.8 Å². The molecule has 1 aromatic carbocycles. The van der Waals surface area contributed by atoms with Gasteiger partial charge in [-0.05, 0) is 48.8 Å². The van der Waals surface area contributed by atoms with Crippen LogP contribution in [-0.4, -0.2) is 25.2 Å². The van der Waals surface area contributed by atoms with E-state index >= 15 is 0 Å². The number of anilines is 1. The molecule has 0 saturated heterocycles. The first kappa shape index (κ1) is 12.9. The Kier molecular flexibility index (Phi) is 3.60. The normalized spacial score (nSPS) is 16.4. The molecular formula is C15H21NO2. The zero-order valence-corrected chi connectivity index (χ0v) is 11.3. The molecule has 0 amide bonds. The van der Waals surface area contributed by atoms with E-state index in [1.165, 1.54) is 29.7 Å². The maximum absolute atomic E-state index is 11.0. The van der Waals surface area contributed by atoms with E-state index < -0.39 is 5.97 Å². The second-order valence-electron chi connectivity index (χ2n) is 5.48. The first-order valence-corrected chi connectivity index (χ1v) is 6.48. The van der Waals surface area contributed by atoms with E-state index in [-0.39, 0.29) is 12.3 Å². The maximum Gasteiger partial charge on any atom is 0.303 e. The first-order valence-electron chi connectivity index (χ1n) is 6.48. The summed E-state index contributed by atoms with van der Waals surface area (Å²) in [7, 11) is 4.05. The Balaban J connectivity index is 2.29. The van der Waals surface area contributed by atoms with Gasteiger partial charge in [-0.3, -0.25) is 4.79 Å². The van der Waals surface area contributed by atoms with Crippen LogP contribution in [0.15, 0.2) is 18.2 Å². The van der Waals surface area contributed by atoms with E-state index in [9.17, 15) is 4.79 Å². The number of aryl methyl sites for hydroxylation is 1. The van der Waals surface area contributed by atoms with E-state index in [4.69, 9.17) is 5.11 Å². The van der Waals surface area contributed by atoms with Crippen molar-refractivity contribution in [2.75, 3.05) is 19.0 Å². The Hall–Kier alpha value is -1.51. The Morgan fingerprint density at radius 1 is 1.44 bits per heavy atom. The zero-order chi connectivity index (χ0) is 13.3. The number of aliphatic carboxylic acids is 1. The van der Waals surface area contributed by atoms with Crippen LogP contribution in [-0.2, 0) is 4.79 Å². The van der Waals surface area contributed by atoms with Crippen molar-refractivity contribution in [2.24, 2.45) is 5.92 Å². The van der Waals surface area contributed by atoms with Gasteiger partial charge in [-0.25, -0.2) is 0 Å². The first-order chi connectivity index (χ1) is 8.49. The van der Waals surface area contributed by atoms with Crippen molar-refractivity contribution in [3.05, 3.63) is 29.3 Å². The molecule has 18 heavy (non-hydrogen) atoms. The summed E-state index contributed by atoms with van der Waals surface area (Å²) < 4.78 is 0. The second-order valence-corrected chi connectivity index (χ2v) is 5.48. The quantitative estimate of drug-likeness (QED) is 0.869. The molecule has 0 bridgehead atoms. The molecule has 0 spiro atoms. The lowest BCUT2D eigenvalue weighted by Crippen LogP contribution is -2.13. The number of rotatable bonds is 5. The summed E-state index contributed by atoms with van der Waals surface area (Å²) in [5.74, 6) is 0.0551. The number of carbonyl (C=O) groups is 1. The number of hydrogen-bond acceptors (Lipinski definition) is 2. The summed E-state index contributed by atoms with van der Waals surface area (Å²) in [5, 5.41) is 9.04. The molecule has 0 heterocycles. The zero-order valence-electron chi connectivity index (χ0n) is 11.3. The van der Waals surface area contributed by atoms with Crippen LogP contribution in [0.2, 0.25) is 0 Å². The van der Waals surface area contributed by atoms with Crippen molar-refractivity contribution in [3.63, 3.8) is 0 Å². The third kappa shape index (κ3) is 2.84. The minimum Gasteiger partial charge on any atom is -0.481 e. The highest BCUT2D eigenvalue weighted by Gasteiger charge is 2.33. The third-order valence-corrected chi connectivity index (χ3v) is 3.73. The van der Waals surface area contributed by atoms with Gasteiger partial charge in [0, 0.05) is 19.8 Å². The maximum atomic E-state index is 11.0. The van der Waals surface area contributed by atoms with Crippen molar-refractivity contribution < 1.29 is 9.90 Å². The Labute approximate surface area is 108 Å². The summed E-state index contributed by atoms with van der Waals surface area (Å²) >= 11 is 0. The van der Waals surface area contributed by atoms with Gasteiger partial charge < -0.3 is 10.0 Å². The molecule has 1 fully saturated rings. The van der Waals surface area contributed by atoms with Gasteiger partial charge in [-0.1, -0.05) is 12.1 Å². The van der Waals surface area contributed by atoms with Crippen molar-refractivity contribution in [3.8, 4) is 0 Å². The van der Waals surface area contributed by atoms with Crippen molar-refractivity contribution in [1.82, 2.24) is 0 Å². The molecule has 1 aromatic rings. The van der Waals surface area contributed by atoms with Crippen molar-refractivity contribution in [1.29, 1.82) is 0 Å². The lowest BCUT2D eigenvalue weighted by atomic mass is 9.90. The fourth-order valence-electron chi connectivity index (χ4n) is 2.58. The summed E-state index contributed by atoms with van der Waals surface area (Å²) in [4.78, 5) is 13.1. The third-order valence-electron chi connectivity index (χ3n) is 3.73. The van der Waals surface area contributed by atoms with Crippen LogP contribution >= 0.6 is 0 Å². The van der Waals surface area contributed by atoms with Crippen LogP contribution in [0.4, 0.5) is 5.69 Å². The van der Waals surface area contributed by atoms with Gasteiger partial charge in [0.05, 0.1) is 6.42 Å². The second kappa shape index (κ2) is 5.01. The number of nitrogens with zero attached hydrogens (tertiary/aromatic N) is 1. The molecule has 3 nitrogen and oxygen atoms in total. The molecule has 2 rings (SSSR count). The number of carboxylic acids is 1. The molecule has 1 aliphatic rings. The molecule has 98 valence electrons. The Morgan fingerprint density at radius 2 is 2.11 bits per heavy atom. The number of benzene rings is 1. The van der Waals surface area contributed by atoms with Gasteiger partial charge in [-0.15, -0.1) is 0 Å². The topological polar surface area (TPSA) is 40.5 Å². The summed E-state index contributed by atoms with van der Waals surface area (Å²) in [5.41, 5.74) is 3.59. The summed E-state index contributed by atoms with van der Waals surface area (Å²) in [6.07, 6.45) is 2.59. The SMILES string of the molecule is Cc1ccc(C(CC(=O)O)C2CC2)cc1N(C)C. The molecule has 1 aliphatic carbocycles. The molecule has 1 atom stereocenters. The van der Waals surface area contributed by atoms with Crippen molar-refractivity contribution in [2.45, 2.75) is 32.1 Å². The van der Waals surface area contributed by atoms with Crippen molar-refractivity contribution >= 4 is 11.7 Å². The molecule has 1 N–H and O–H groups in total. The van der Waals surface area contributed by atoms with Crippen LogP contribution in [0.25, 0.3) is 0 Å². The lowest BCUT2D eigenvalue weighted by molar-refractivity contribution is -0.137. The minimum absolute atomic E-state index is 0.182. The minimum atomic E-state index is -0.695. The van der Waals surface area contributed by atoms with Crippen LogP contribution in [0.3, 0.4) is 0 Å². The van der Waals surface area contributed by atoms with Gasteiger partial charge >= 0.3 is 5.97 Å².